The van der Waals surface area contributed by atoms with Gasteiger partial charge in [-0.05, 0) is 145 Å². The summed E-state index contributed by atoms with van der Waals surface area (Å²) < 4.78 is 0. The monoisotopic (exact) mass is 843 g/mol. The van der Waals surface area contributed by atoms with Crippen LogP contribution in [-0.2, 0) is 9.59 Å². The second-order valence-electron chi connectivity index (χ2n) is 13.2. The molecule has 0 aliphatic heterocycles. The minimum atomic E-state index is -1.23. The Labute approximate surface area is 357 Å². The van der Waals surface area contributed by atoms with Crippen LogP contribution in [0.25, 0.3) is 60.8 Å². The second kappa shape index (κ2) is 18.2. The molecule has 7 nitrogen and oxygen atoms in total. The largest absolute Gasteiger partial charge is 0.486 e. The lowest BCUT2D eigenvalue weighted by molar-refractivity contribution is -0.133. The molecule has 0 saturated carbocycles. The molecule has 0 bridgehead atoms. The molecule has 4 aromatic heterocycles. The van der Waals surface area contributed by atoms with Gasteiger partial charge in [-0.2, -0.15) is 5.26 Å². The lowest BCUT2D eigenvalue weighted by Crippen LogP contribution is -2.10. The van der Waals surface area contributed by atoms with Gasteiger partial charge in [0.25, 0.3) is 5.70 Å². The number of carboxylic acid groups (broad SMARTS) is 2. The highest BCUT2D eigenvalue weighted by Crippen LogP contribution is 2.38. The highest BCUT2D eigenvalue weighted by atomic mass is 32.1. The summed E-state index contributed by atoms with van der Waals surface area (Å²) in [6.45, 7) is 11.3. The van der Waals surface area contributed by atoms with Crippen LogP contribution in [0.15, 0.2) is 127 Å². The van der Waals surface area contributed by atoms with Gasteiger partial charge >= 0.3 is 11.9 Å². The molecule has 0 aliphatic rings. The van der Waals surface area contributed by atoms with E-state index in [1.807, 2.05) is 24.3 Å². The van der Waals surface area contributed by atoms with Crippen molar-refractivity contribution < 1.29 is 19.8 Å². The molecular formula is C48H33N3O4S4. The molecule has 4 heterocycles. The number of anilines is 3. The topological polar surface area (TPSA) is 106 Å². The summed E-state index contributed by atoms with van der Waals surface area (Å²) in [5.74, 6) is -2.46. The summed E-state index contributed by atoms with van der Waals surface area (Å²) >= 11 is 6.21. The van der Waals surface area contributed by atoms with Crippen molar-refractivity contribution in [2.45, 2.75) is 13.8 Å². The fourth-order valence-electron chi connectivity index (χ4n) is 5.97. The van der Waals surface area contributed by atoms with Crippen molar-refractivity contribution in [1.82, 2.24) is 0 Å². The van der Waals surface area contributed by atoms with Crippen LogP contribution in [0.5, 0.6) is 0 Å². The molecule has 0 saturated heterocycles. The van der Waals surface area contributed by atoms with Crippen molar-refractivity contribution in [3.8, 4) is 25.6 Å². The van der Waals surface area contributed by atoms with Gasteiger partial charge in [0.2, 0.25) is 0 Å². The number of thiophene rings is 4. The summed E-state index contributed by atoms with van der Waals surface area (Å²) in [6, 6.07) is 41.0. The van der Waals surface area contributed by atoms with Gasteiger partial charge in [0.1, 0.15) is 11.6 Å². The Hall–Kier alpha value is -6.86. The Morgan fingerprint density at radius 2 is 1.02 bits per heavy atom. The van der Waals surface area contributed by atoms with Crippen molar-refractivity contribution in [1.29, 1.82) is 5.26 Å². The predicted octanol–water partition coefficient (Wildman–Crippen LogP) is 14.0. The molecular weight excluding hydrogens is 811 g/mol. The Morgan fingerprint density at radius 1 is 0.576 bits per heavy atom. The molecule has 0 radical (unpaired) electrons. The second-order valence-corrected chi connectivity index (χ2v) is 17.6. The van der Waals surface area contributed by atoms with E-state index >= 15 is 0 Å². The SMILES string of the molecule is [C-]#[N+]/C(=C\c1ccc(-c2ccc(/C=C/c3ccc(N(c4ccc(/C=C/c5ccc(-c6ccc(/C=C(\C#N)C(=O)O)s6)s5)cc4)c4ccc(C)c(C)c4)cc3)s2)s1)C(=O)O. The lowest BCUT2D eigenvalue weighted by atomic mass is 10.1. The normalized spacial score (nSPS) is 11.9. The Morgan fingerprint density at radius 3 is 1.44 bits per heavy atom. The van der Waals surface area contributed by atoms with Gasteiger partial charge in [0, 0.05) is 56.1 Å². The smallest absolute Gasteiger partial charge is 0.346 e. The maximum absolute atomic E-state index is 11.2. The summed E-state index contributed by atoms with van der Waals surface area (Å²) in [6.07, 6.45) is 11.2. The first-order valence-electron chi connectivity index (χ1n) is 18.1. The summed E-state index contributed by atoms with van der Waals surface area (Å²) in [5, 5.41) is 27.5. The van der Waals surface area contributed by atoms with E-state index in [1.165, 1.54) is 46.0 Å². The minimum absolute atomic E-state index is 0.287. The Kier molecular flexibility index (Phi) is 12.4. The highest BCUT2D eigenvalue weighted by Gasteiger charge is 2.14. The Bertz CT molecular complexity index is 2720. The zero-order valence-corrected chi connectivity index (χ0v) is 34.9. The number of carbonyl (C=O) groups is 2. The number of nitriles is 1. The van der Waals surface area contributed by atoms with Gasteiger partial charge in [-0.1, -0.05) is 42.5 Å². The van der Waals surface area contributed by atoms with E-state index in [0.717, 1.165) is 67.2 Å². The first kappa shape index (κ1) is 40.3. The quantitative estimate of drug-likeness (QED) is 0.0680. The van der Waals surface area contributed by atoms with E-state index in [-0.39, 0.29) is 11.3 Å². The summed E-state index contributed by atoms with van der Waals surface area (Å²) in [4.78, 5) is 35.6. The molecule has 59 heavy (non-hydrogen) atoms. The van der Waals surface area contributed by atoms with Gasteiger partial charge in [-0.15, -0.1) is 45.3 Å². The van der Waals surface area contributed by atoms with Crippen LogP contribution in [-0.4, -0.2) is 22.2 Å². The van der Waals surface area contributed by atoms with E-state index in [0.29, 0.717) is 0 Å². The number of nitrogens with zero attached hydrogens (tertiary/aromatic N) is 3. The van der Waals surface area contributed by atoms with Gasteiger partial charge in [0.15, 0.2) is 0 Å². The summed E-state index contributed by atoms with van der Waals surface area (Å²) in [7, 11) is 0. The molecule has 7 aromatic rings. The highest BCUT2D eigenvalue weighted by molar-refractivity contribution is 7.23. The molecule has 11 heteroatoms. The molecule has 2 N–H and O–H groups in total. The fourth-order valence-corrected chi connectivity index (χ4v) is 9.87. The predicted molar refractivity (Wildman–Crippen MR) is 247 cm³/mol. The van der Waals surface area contributed by atoms with Crippen molar-refractivity contribution in [2.75, 3.05) is 4.90 Å². The first-order valence-corrected chi connectivity index (χ1v) is 21.3. The minimum Gasteiger partial charge on any atom is -0.486 e. The maximum Gasteiger partial charge on any atom is 0.346 e. The van der Waals surface area contributed by atoms with Crippen molar-refractivity contribution >= 4 is 111 Å². The van der Waals surface area contributed by atoms with E-state index in [4.69, 9.17) is 11.8 Å². The van der Waals surface area contributed by atoms with Crippen LogP contribution in [0.2, 0.25) is 0 Å². The molecule has 0 aliphatic carbocycles. The third-order valence-electron chi connectivity index (χ3n) is 9.18. The van der Waals surface area contributed by atoms with Gasteiger partial charge in [0.05, 0.1) is 6.57 Å². The van der Waals surface area contributed by atoms with Crippen molar-refractivity contribution in [2.24, 2.45) is 0 Å². The van der Waals surface area contributed by atoms with Crippen molar-refractivity contribution in [3.05, 3.63) is 180 Å². The fraction of sp³-hybridized carbons (Fsp3) is 0.0417. The number of aliphatic carboxylic acids is 2. The molecule has 3 aromatic carbocycles. The summed E-state index contributed by atoms with van der Waals surface area (Å²) in [5.41, 5.74) is 7.11. The molecule has 0 atom stereocenters. The molecule has 0 spiro atoms. The third-order valence-corrected chi connectivity index (χ3v) is 13.7. The number of rotatable bonds is 13. The van der Waals surface area contributed by atoms with Crippen LogP contribution in [0.4, 0.5) is 17.1 Å². The van der Waals surface area contributed by atoms with E-state index in [1.54, 1.807) is 28.7 Å². The molecule has 288 valence electrons. The molecule has 7 rings (SSSR count). The van der Waals surface area contributed by atoms with Gasteiger partial charge in [-0.3, -0.25) is 4.79 Å². The average Bonchev–Trinajstić information content (AvgIpc) is 4.08. The van der Waals surface area contributed by atoms with E-state index in [9.17, 15) is 19.8 Å². The lowest BCUT2D eigenvalue weighted by Gasteiger charge is -2.26. The third kappa shape index (κ3) is 9.82. The van der Waals surface area contributed by atoms with Crippen LogP contribution in [0, 0.1) is 31.8 Å². The van der Waals surface area contributed by atoms with E-state index < -0.39 is 11.9 Å². The number of hydrogen-bond acceptors (Lipinski definition) is 8. The number of carboxylic acids is 2. The van der Waals surface area contributed by atoms with Crippen LogP contribution < -0.4 is 4.90 Å². The maximum atomic E-state index is 11.2. The number of hydrogen-bond donors (Lipinski definition) is 2. The van der Waals surface area contributed by atoms with Crippen LogP contribution >= 0.6 is 45.3 Å². The molecule has 0 amide bonds. The number of aryl methyl sites for hydroxylation is 2. The number of benzene rings is 3. The van der Waals surface area contributed by atoms with Gasteiger partial charge in [-0.25, -0.2) is 9.64 Å². The Balaban J connectivity index is 1.06. The van der Waals surface area contributed by atoms with Gasteiger partial charge < -0.3 is 15.1 Å². The zero-order chi connectivity index (χ0) is 41.5. The first-order chi connectivity index (χ1) is 28.6. The molecule has 0 fully saturated rings. The average molecular weight is 844 g/mol. The standard InChI is InChI=1S/C48H33N3O4S4/c1-30-4-11-37(26-31(30)2)51(35-12-5-32(6-13-35)9-16-38-18-22-43(56-38)45-24-20-40(58-45)27-34(29-49)47(52)53)36-14-7-33(8-15-36)10-17-39-19-23-44(57-39)46-25-21-41(59-46)28-42(50-3)48(54)55/h4-28H,1-2H3,(H,52,53)(H,54,55)/b16-9+,17-10+,34-27+,42-28-. The van der Waals surface area contributed by atoms with Crippen LogP contribution in [0.3, 0.4) is 0 Å². The van der Waals surface area contributed by atoms with Crippen LogP contribution in [0.1, 0.15) is 41.8 Å². The molecule has 0 unspecified atom stereocenters. The van der Waals surface area contributed by atoms with Crippen molar-refractivity contribution in [3.63, 3.8) is 0 Å². The zero-order valence-electron chi connectivity index (χ0n) is 31.6. The van der Waals surface area contributed by atoms with E-state index in [2.05, 4.69) is 139 Å².